The van der Waals surface area contributed by atoms with Crippen molar-refractivity contribution in [1.29, 1.82) is 0 Å². The van der Waals surface area contributed by atoms with E-state index in [0.29, 0.717) is 10.3 Å². The van der Waals surface area contributed by atoms with Crippen molar-refractivity contribution in [3.05, 3.63) is 64.0 Å². The molecule has 0 N–H and O–H groups in total. The van der Waals surface area contributed by atoms with Crippen molar-refractivity contribution in [1.82, 2.24) is 0 Å². The van der Waals surface area contributed by atoms with Crippen LogP contribution in [-0.4, -0.2) is 4.92 Å². The van der Waals surface area contributed by atoms with Crippen molar-refractivity contribution >= 4 is 5.69 Å². The Morgan fingerprint density at radius 3 is 2.38 bits per heavy atom. The fourth-order valence-corrected chi connectivity index (χ4v) is 1.50. The minimum Gasteiger partial charge on any atom is -0.618 e. The van der Waals surface area contributed by atoms with Crippen LogP contribution in [0.15, 0.2) is 48.7 Å². The van der Waals surface area contributed by atoms with Gasteiger partial charge in [-0.2, -0.15) is 4.73 Å². The van der Waals surface area contributed by atoms with Gasteiger partial charge >= 0.3 is 11.4 Å². The minimum absolute atomic E-state index is 0.0631. The summed E-state index contributed by atoms with van der Waals surface area (Å²) in [7, 11) is 0. The molecule has 5 heteroatoms. The molecule has 0 aliphatic heterocycles. The fourth-order valence-electron chi connectivity index (χ4n) is 1.50. The van der Waals surface area contributed by atoms with Crippen molar-refractivity contribution in [3.63, 3.8) is 0 Å². The SMILES string of the molecule is O=[N+]([O-])c1ccc[n+]([O-])c1-c1ccccc1. The molecule has 2 rings (SSSR count). The Bertz CT molecular complexity index is 526. The normalized spacial score (nSPS) is 10.0. The number of hydrogen-bond acceptors (Lipinski definition) is 3. The number of nitrogens with zero attached hydrogens (tertiary/aromatic N) is 2. The quantitative estimate of drug-likeness (QED) is 0.333. The summed E-state index contributed by atoms with van der Waals surface area (Å²) in [5.41, 5.74) is 0.404. The highest BCUT2D eigenvalue weighted by Crippen LogP contribution is 2.25. The Balaban J connectivity index is 2.68. The summed E-state index contributed by atoms with van der Waals surface area (Å²) in [6.07, 6.45) is 1.25. The molecule has 2 aromatic rings. The van der Waals surface area contributed by atoms with Gasteiger partial charge in [0.15, 0.2) is 6.20 Å². The highest BCUT2D eigenvalue weighted by molar-refractivity contribution is 5.66. The van der Waals surface area contributed by atoms with Gasteiger partial charge in [-0.1, -0.05) is 18.2 Å². The standard InChI is InChI=1S/C11H8N2O3/c14-12-8-4-7-10(13(15)16)11(12)9-5-2-1-3-6-9/h1-8H. The Morgan fingerprint density at radius 2 is 1.75 bits per heavy atom. The summed E-state index contributed by atoms with van der Waals surface area (Å²) in [5, 5.41) is 22.4. The number of pyridine rings is 1. The Labute approximate surface area is 91.3 Å². The minimum atomic E-state index is -0.559. The third kappa shape index (κ3) is 1.70. The molecular formula is C11H8N2O3. The van der Waals surface area contributed by atoms with E-state index in [9.17, 15) is 15.3 Å². The molecule has 0 fully saturated rings. The lowest BCUT2D eigenvalue weighted by Crippen LogP contribution is -2.29. The molecule has 0 unspecified atom stereocenters. The predicted molar refractivity (Wildman–Crippen MR) is 57.5 cm³/mol. The number of nitro groups is 1. The molecule has 0 aliphatic carbocycles. The van der Waals surface area contributed by atoms with Gasteiger partial charge in [0.05, 0.1) is 10.5 Å². The van der Waals surface area contributed by atoms with E-state index in [-0.39, 0.29) is 11.4 Å². The van der Waals surface area contributed by atoms with Crippen molar-refractivity contribution in [3.8, 4) is 11.3 Å². The first kappa shape index (κ1) is 10.1. The van der Waals surface area contributed by atoms with E-state index in [4.69, 9.17) is 0 Å². The summed E-state index contributed by atoms with van der Waals surface area (Å²) < 4.78 is 0.507. The Morgan fingerprint density at radius 1 is 1.06 bits per heavy atom. The van der Waals surface area contributed by atoms with Crippen molar-refractivity contribution in [2.75, 3.05) is 0 Å². The zero-order chi connectivity index (χ0) is 11.5. The molecule has 16 heavy (non-hydrogen) atoms. The maximum atomic E-state index is 11.6. The van der Waals surface area contributed by atoms with E-state index in [1.807, 2.05) is 0 Å². The average Bonchev–Trinajstić information content (AvgIpc) is 2.29. The molecule has 0 spiro atoms. The molecule has 0 saturated carbocycles. The van der Waals surface area contributed by atoms with E-state index >= 15 is 0 Å². The summed E-state index contributed by atoms with van der Waals surface area (Å²) in [5.74, 6) is 0. The van der Waals surface area contributed by atoms with E-state index in [2.05, 4.69) is 0 Å². The first-order valence-electron chi connectivity index (χ1n) is 4.62. The van der Waals surface area contributed by atoms with Crippen molar-refractivity contribution < 1.29 is 9.65 Å². The molecule has 0 amide bonds. The van der Waals surface area contributed by atoms with E-state index in [0.717, 1.165) is 0 Å². The fraction of sp³-hybridized carbons (Fsp3) is 0. The van der Waals surface area contributed by atoms with Gasteiger partial charge in [0.25, 0.3) is 0 Å². The number of aromatic nitrogens is 1. The second-order valence-electron chi connectivity index (χ2n) is 3.19. The molecule has 0 saturated heterocycles. The predicted octanol–water partition coefficient (Wildman–Crippen LogP) is 1.90. The zero-order valence-corrected chi connectivity index (χ0v) is 8.24. The van der Waals surface area contributed by atoms with Crippen LogP contribution in [0, 0.1) is 15.3 Å². The summed E-state index contributed by atoms with van der Waals surface area (Å²) in [4.78, 5) is 10.2. The highest BCUT2D eigenvalue weighted by atomic mass is 16.6. The molecule has 0 atom stereocenters. The van der Waals surface area contributed by atoms with Crippen LogP contribution in [0.25, 0.3) is 11.3 Å². The molecule has 0 bridgehead atoms. The first-order valence-corrected chi connectivity index (χ1v) is 4.62. The van der Waals surface area contributed by atoms with Crippen LogP contribution < -0.4 is 4.73 Å². The second-order valence-corrected chi connectivity index (χ2v) is 3.19. The average molecular weight is 216 g/mol. The van der Waals surface area contributed by atoms with Crippen molar-refractivity contribution in [2.24, 2.45) is 0 Å². The van der Waals surface area contributed by atoms with Crippen molar-refractivity contribution in [2.45, 2.75) is 0 Å². The van der Waals surface area contributed by atoms with E-state index in [1.165, 1.54) is 18.3 Å². The van der Waals surface area contributed by atoms with E-state index < -0.39 is 4.92 Å². The number of hydrogen-bond donors (Lipinski definition) is 0. The van der Waals surface area contributed by atoms with Gasteiger partial charge in [-0.05, 0) is 12.1 Å². The monoisotopic (exact) mass is 216 g/mol. The van der Waals surface area contributed by atoms with Crippen LogP contribution in [0.4, 0.5) is 5.69 Å². The Hall–Kier alpha value is -2.43. The maximum Gasteiger partial charge on any atom is 0.342 e. The number of benzene rings is 1. The molecular weight excluding hydrogens is 208 g/mol. The van der Waals surface area contributed by atoms with Gasteiger partial charge in [0, 0.05) is 12.1 Å². The lowest BCUT2D eigenvalue weighted by Gasteiger charge is -2.03. The van der Waals surface area contributed by atoms with Gasteiger partial charge in [-0.25, -0.2) is 0 Å². The zero-order valence-electron chi connectivity index (χ0n) is 8.24. The molecule has 80 valence electrons. The molecule has 1 aromatic heterocycles. The Kier molecular flexibility index (Phi) is 2.51. The van der Waals surface area contributed by atoms with Crippen LogP contribution in [0.2, 0.25) is 0 Å². The second kappa shape index (κ2) is 3.98. The van der Waals surface area contributed by atoms with Gasteiger partial charge in [-0.3, -0.25) is 10.1 Å². The maximum absolute atomic E-state index is 11.6. The number of rotatable bonds is 2. The smallest absolute Gasteiger partial charge is 0.342 e. The van der Waals surface area contributed by atoms with Gasteiger partial charge < -0.3 is 5.21 Å². The molecule has 0 radical (unpaired) electrons. The summed E-state index contributed by atoms with van der Waals surface area (Å²) in [6.45, 7) is 0. The third-order valence-corrected chi connectivity index (χ3v) is 2.18. The van der Waals surface area contributed by atoms with Gasteiger partial charge in [0.2, 0.25) is 0 Å². The summed E-state index contributed by atoms with van der Waals surface area (Å²) in [6, 6.07) is 11.2. The summed E-state index contributed by atoms with van der Waals surface area (Å²) >= 11 is 0. The van der Waals surface area contributed by atoms with Gasteiger partial charge in [-0.15, -0.1) is 0 Å². The highest BCUT2D eigenvalue weighted by Gasteiger charge is 2.23. The van der Waals surface area contributed by atoms with Crippen LogP contribution in [0.1, 0.15) is 0 Å². The van der Waals surface area contributed by atoms with Gasteiger partial charge in [0.1, 0.15) is 0 Å². The van der Waals surface area contributed by atoms with Crippen LogP contribution in [-0.2, 0) is 0 Å². The third-order valence-electron chi connectivity index (χ3n) is 2.18. The van der Waals surface area contributed by atoms with Crippen LogP contribution >= 0.6 is 0 Å². The largest absolute Gasteiger partial charge is 0.618 e. The lowest BCUT2D eigenvalue weighted by atomic mass is 10.1. The van der Waals surface area contributed by atoms with Crippen LogP contribution in [0.5, 0.6) is 0 Å². The molecule has 0 aliphatic rings. The lowest BCUT2D eigenvalue weighted by molar-refractivity contribution is -0.597. The van der Waals surface area contributed by atoms with E-state index in [1.54, 1.807) is 30.3 Å². The molecule has 5 nitrogen and oxygen atoms in total. The molecule has 1 aromatic carbocycles. The first-order chi connectivity index (χ1) is 7.70. The topological polar surface area (TPSA) is 70.1 Å². The molecule has 1 heterocycles. The van der Waals surface area contributed by atoms with Crippen LogP contribution in [0.3, 0.4) is 0 Å².